The Bertz CT molecular complexity index is 658. The normalized spacial score (nSPS) is 13.0. The molecule has 0 saturated carbocycles. The molecule has 22 heavy (non-hydrogen) atoms. The van der Waals surface area contributed by atoms with E-state index in [9.17, 15) is 21.9 Å². The van der Waals surface area contributed by atoms with Gasteiger partial charge in [-0.3, -0.25) is 9.27 Å². The monoisotopic (exact) mass is 354 g/mol. The van der Waals surface area contributed by atoms with E-state index in [4.69, 9.17) is 4.55 Å². The van der Waals surface area contributed by atoms with E-state index >= 15 is 0 Å². The number of nitrogens with one attached hydrogen (secondary N) is 2. The molecule has 0 heterocycles. The molecule has 0 spiro atoms. The van der Waals surface area contributed by atoms with Crippen molar-refractivity contribution in [3.8, 4) is 0 Å². The topological polar surface area (TPSA) is 133 Å². The molecule has 10 heteroatoms. The van der Waals surface area contributed by atoms with Crippen LogP contribution < -0.4 is 10.0 Å². The minimum Gasteiger partial charge on any atom is -0.387 e. The molecule has 0 aliphatic heterocycles. The number of aliphatic hydroxyl groups excluding tert-OH is 1. The largest absolute Gasteiger partial charge is 0.387 e. The van der Waals surface area contributed by atoms with Crippen LogP contribution in [0.5, 0.6) is 0 Å². The third-order valence-electron chi connectivity index (χ3n) is 2.34. The second-order valence-corrected chi connectivity index (χ2v) is 7.93. The first-order valence-electron chi connectivity index (χ1n) is 6.34. The lowest BCUT2D eigenvalue weighted by Crippen LogP contribution is -2.17. The van der Waals surface area contributed by atoms with Crippen molar-refractivity contribution in [3.63, 3.8) is 0 Å². The van der Waals surface area contributed by atoms with Crippen molar-refractivity contribution >= 4 is 25.8 Å². The van der Waals surface area contributed by atoms with Gasteiger partial charge in [0.15, 0.2) is 0 Å². The van der Waals surface area contributed by atoms with Gasteiger partial charge in [-0.15, -0.1) is 0 Å². The van der Waals surface area contributed by atoms with Crippen molar-refractivity contribution in [1.29, 1.82) is 0 Å². The van der Waals surface area contributed by atoms with Crippen LogP contribution in [0.25, 0.3) is 0 Å². The Kier molecular flexibility index (Phi) is 8.56. The Balaban J connectivity index is 0.000000626. The van der Waals surface area contributed by atoms with Crippen LogP contribution in [-0.2, 0) is 20.1 Å². The number of hydrogen-bond donors (Lipinski definition) is 4. The summed E-state index contributed by atoms with van der Waals surface area (Å²) in [5.74, 6) is -0.201. The molecule has 1 unspecified atom stereocenters. The summed E-state index contributed by atoms with van der Waals surface area (Å²) in [6, 6.07) is 6.69. The van der Waals surface area contributed by atoms with Crippen LogP contribution in [0.2, 0.25) is 0 Å². The lowest BCUT2D eigenvalue weighted by Gasteiger charge is -2.12. The lowest BCUT2D eigenvalue weighted by atomic mass is 10.1. The minimum absolute atomic E-state index is 0.201. The highest BCUT2D eigenvalue weighted by Crippen LogP contribution is 2.17. The number of rotatable bonds is 6. The fourth-order valence-corrected chi connectivity index (χ4v) is 1.89. The molecule has 1 aromatic rings. The van der Waals surface area contributed by atoms with E-state index in [1.807, 2.05) is 0 Å². The van der Waals surface area contributed by atoms with Gasteiger partial charge in [0.2, 0.25) is 10.0 Å². The number of sulfonamides is 1. The van der Waals surface area contributed by atoms with E-state index in [1.54, 1.807) is 31.3 Å². The van der Waals surface area contributed by atoms with E-state index in [1.165, 1.54) is 6.92 Å². The molecule has 1 atom stereocenters. The van der Waals surface area contributed by atoms with Crippen LogP contribution in [0.15, 0.2) is 24.3 Å². The van der Waals surface area contributed by atoms with E-state index in [0.717, 1.165) is 6.26 Å². The molecule has 0 aliphatic rings. The molecule has 8 nitrogen and oxygen atoms in total. The highest BCUT2D eigenvalue weighted by molar-refractivity contribution is 7.92. The van der Waals surface area contributed by atoms with Crippen molar-refractivity contribution in [2.75, 3.05) is 30.3 Å². The van der Waals surface area contributed by atoms with Gasteiger partial charge in [-0.2, -0.15) is 8.42 Å². The highest BCUT2D eigenvalue weighted by atomic mass is 32.2. The van der Waals surface area contributed by atoms with Crippen LogP contribution in [0.3, 0.4) is 0 Å². The Hall–Kier alpha value is -1.20. The maximum atomic E-state index is 11.0. The van der Waals surface area contributed by atoms with E-state index in [-0.39, 0.29) is 5.75 Å². The van der Waals surface area contributed by atoms with Crippen LogP contribution in [0.1, 0.15) is 18.6 Å². The first-order valence-corrected chi connectivity index (χ1v) is 9.84. The third kappa shape index (κ3) is 10.5. The zero-order valence-corrected chi connectivity index (χ0v) is 14.3. The Morgan fingerprint density at radius 1 is 1.23 bits per heavy atom. The summed E-state index contributed by atoms with van der Waals surface area (Å²) in [7, 11) is -5.20. The predicted molar refractivity (Wildman–Crippen MR) is 85.9 cm³/mol. The average Bonchev–Trinajstić information content (AvgIpc) is 2.37. The van der Waals surface area contributed by atoms with Gasteiger partial charge in [-0.05, 0) is 31.7 Å². The number of likely N-dealkylation sites (N-methyl/N-ethyl adjacent to an activating group) is 1. The Morgan fingerprint density at radius 3 is 2.18 bits per heavy atom. The first-order chi connectivity index (χ1) is 9.98. The number of aliphatic hydroxyl groups is 1. The van der Waals surface area contributed by atoms with Gasteiger partial charge in [0.1, 0.15) is 0 Å². The van der Waals surface area contributed by atoms with E-state index in [2.05, 4.69) is 10.0 Å². The predicted octanol–water partition coefficient (Wildman–Crippen LogP) is 0.205. The first kappa shape index (κ1) is 20.8. The van der Waals surface area contributed by atoms with Gasteiger partial charge in [0.25, 0.3) is 10.1 Å². The third-order valence-corrected chi connectivity index (χ3v) is 3.67. The minimum atomic E-state index is -3.66. The van der Waals surface area contributed by atoms with Gasteiger partial charge in [-0.25, -0.2) is 8.42 Å². The van der Waals surface area contributed by atoms with Crippen molar-refractivity contribution in [1.82, 2.24) is 5.32 Å². The summed E-state index contributed by atoms with van der Waals surface area (Å²) in [5.41, 5.74) is 1.12. The lowest BCUT2D eigenvalue weighted by molar-refractivity contribution is 0.178. The van der Waals surface area contributed by atoms with Crippen molar-refractivity contribution in [2.24, 2.45) is 0 Å². The SMILES string of the molecule is CCS(=O)(=O)O.CNCC(O)c1cccc(NS(C)(=O)=O)c1. The van der Waals surface area contributed by atoms with Crippen LogP contribution in [0, 0.1) is 0 Å². The molecule has 4 N–H and O–H groups in total. The fraction of sp³-hybridized carbons (Fsp3) is 0.500. The zero-order valence-electron chi connectivity index (χ0n) is 12.6. The molecule has 128 valence electrons. The average molecular weight is 354 g/mol. The standard InChI is InChI=1S/C10H16N2O3S.C2H6O3S/c1-11-7-10(13)8-4-3-5-9(6-8)12-16(2,14)15;1-2-6(3,4)5/h3-6,10-13H,7H2,1-2H3;2H2,1H3,(H,3,4,5). The zero-order chi connectivity index (χ0) is 17.4. The molecule has 0 amide bonds. The maximum Gasteiger partial charge on any atom is 0.264 e. The summed E-state index contributed by atoms with van der Waals surface area (Å²) in [6.07, 6.45) is 0.440. The van der Waals surface area contributed by atoms with Gasteiger partial charge in [0, 0.05) is 12.2 Å². The smallest absolute Gasteiger partial charge is 0.264 e. The fourth-order valence-electron chi connectivity index (χ4n) is 1.33. The van der Waals surface area contributed by atoms with Crippen LogP contribution in [-0.4, -0.2) is 52.1 Å². The Morgan fingerprint density at radius 2 is 1.77 bits per heavy atom. The summed E-state index contributed by atoms with van der Waals surface area (Å²) in [4.78, 5) is 0. The van der Waals surface area contributed by atoms with Crippen LogP contribution >= 0.6 is 0 Å². The van der Waals surface area contributed by atoms with E-state index < -0.39 is 26.2 Å². The molecule has 1 aromatic carbocycles. The summed E-state index contributed by atoms with van der Waals surface area (Å²) in [5, 5.41) is 12.5. The number of hydrogen-bond acceptors (Lipinski definition) is 6. The molecule has 0 saturated heterocycles. The number of anilines is 1. The summed E-state index contributed by atoms with van der Waals surface area (Å²) >= 11 is 0. The molecule has 0 bridgehead atoms. The molecular weight excluding hydrogens is 332 g/mol. The van der Waals surface area contributed by atoms with Gasteiger partial charge < -0.3 is 10.4 Å². The van der Waals surface area contributed by atoms with E-state index in [0.29, 0.717) is 17.8 Å². The highest BCUT2D eigenvalue weighted by Gasteiger charge is 2.08. The second-order valence-electron chi connectivity index (χ2n) is 4.44. The summed E-state index contributed by atoms with van der Waals surface area (Å²) < 4.78 is 51.3. The summed E-state index contributed by atoms with van der Waals surface area (Å²) in [6.45, 7) is 1.79. The number of benzene rings is 1. The van der Waals surface area contributed by atoms with Crippen molar-refractivity contribution in [2.45, 2.75) is 13.0 Å². The quantitative estimate of drug-likeness (QED) is 0.537. The Labute approximate surface area is 131 Å². The molecule has 0 aromatic heterocycles. The van der Waals surface area contributed by atoms with Gasteiger partial charge in [-0.1, -0.05) is 12.1 Å². The van der Waals surface area contributed by atoms with Gasteiger partial charge >= 0.3 is 0 Å². The van der Waals surface area contributed by atoms with Gasteiger partial charge in [0.05, 0.1) is 18.1 Å². The molecule has 0 fully saturated rings. The van der Waals surface area contributed by atoms with Crippen molar-refractivity contribution < 1.29 is 26.5 Å². The second kappa shape index (κ2) is 9.06. The molecule has 1 rings (SSSR count). The maximum absolute atomic E-state index is 11.0. The van der Waals surface area contributed by atoms with Crippen molar-refractivity contribution in [3.05, 3.63) is 29.8 Å². The molecular formula is C12H22N2O6S2. The van der Waals surface area contributed by atoms with Crippen LogP contribution in [0.4, 0.5) is 5.69 Å². The molecule has 0 aliphatic carbocycles. The molecule has 0 radical (unpaired) electrons.